The second-order valence-corrected chi connectivity index (χ2v) is 8.35. The molecule has 0 aliphatic heterocycles. The van der Waals surface area contributed by atoms with E-state index in [4.69, 9.17) is 17.2 Å². The fraction of sp³-hybridized carbons (Fsp3) is 0.269. The molecule has 5 heteroatoms. The summed E-state index contributed by atoms with van der Waals surface area (Å²) >= 11 is 0. The van der Waals surface area contributed by atoms with Gasteiger partial charge in [-0.3, -0.25) is 9.78 Å². The third kappa shape index (κ3) is 6.57. The van der Waals surface area contributed by atoms with Crippen LogP contribution < -0.4 is 17.2 Å². The monoisotopic (exact) mass is 415 g/mol. The van der Waals surface area contributed by atoms with Crippen molar-refractivity contribution in [1.29, 1.82) is 0 Å². The number of benzene rings is 2. The van der Waals surface area contributed by atoms with Crippen LogP contribution >= 0.6 is 0 Å². The van der Waals surface area contributed by atoms with E-state index in [1.807, 2.05) is 50.4 Å². The number of nitrogen functional groups attached to an aromatic ring is 2. The van der Waals surface area contributed by atoms with Gasteiger partial charge in [0.2, 0.25) is 5.91 Å². The Balaban J connectivity index is 1.94. The van der Waals surface area contributed by atoms with Crippen molar-refractivity contribution >= 4 is 17.3 Å². The first-order chi connectivity index (χ1) is 14.8. The molecule has 3 rings (SSSR count). The lowest BCUT2D eigenvalue weighted by atomic mass is 9.76. The van der Waals surface area contributed by atoms with E-state index in [0.717, 1.165) is 64.4 Å². The fourth-order valence-electron chi connectivity index (χ4n) is 4.25. The second kappa shape index (κ2) is 10.1. The molecule has 0 saturated heterocycles. The van der Waals surface area contributed by atoms with Crippen molar-refractivity contribution < 1.29 is 4.79 Å². The Labute approximate surface area is 184 Å². The minimum absolute atomic E-state index is 0.0149. The Kier molecular flexibility index (Phi) is 7.29. The molecule has 1 atom stereocenters. The molecule has 5 nitrogen and oxygen atoms in total. The number of aryl methyl sites for hydroxylation is 3. The minimum atomic E-state index is -0.324. The van der Waals surface area contributed by atoms with E-state index in [2.05, 4.69) is 23.2 Å². The van der Waals surface area contributed by atoms with Crippen LogP contribution in [0.2, 0.25) is 0 Å². The van der Waals surface area contributed by atoms with Gasteiger partial charge < -0.3 is 17.2 Å². The SMILES string of the molecule is Cc1cc(N)cc(CC[C](CC(N)=O)C(Cc2cccnc2)c2cc(C)cc(N)c2)c1. The maximum Gasteiger partial charge on any atom is 0.218 e. The number of anilines is 2. The van der Waals surface area contributed by atoms with E-state index in [1.54, 1.807) is 6.20 Å². The molecule has 6 N–H and O–H groups in total. The van der Waals surface area contributed by atoms with Crippen molar-refractivity contribution in [3.8, 4) is 0 Å². The van der Waals surface area contributed by atoms with E-state index in [1.165, 1.54) is 0 Å². The molecule has 0 saturated carbocycles. The molecule has 1 amide bonds. The summed E-state index contributed by atoms with van der Waals surface area (Å²) in [6.45, 7) is 4.07. The number of pyridine rings is 1. The highest BCUT2D eigenvalue weighted by Gasteiger charge is 2.26. The number of hydrogen-bond donors (Lipinski definition) is 3. The standard InChI is InChI=1S/C26H31N4O/c1-17-8-19(12-23(27)10-17)5-6-21(15-26(29)31)25(13-20-4-3-7-30-16-20)22-9-18(2)11-24(28)14-22/h3-4,7-12,14,16,25H,5-6,13,15,27-28H2,1-2H3,(H2,29,31). The van der Waals surface area contributed by atoms with E-state index >= 15 is 0 Å². The van der Waals surface area contributed by atoms with Crippen molar-refractivity contribution in [2.24, 2.45) is 5.73 Å². The van der Waals surface area contributed by atoms with Crippen LogP contribution in [0.4, 0.5) is 11.4 Å². The molecule has 0 spiro atoms. The Morgan fingerprint density at radius 1 is 0.968 bits per heavy atom. The lowest BCUT2D eigenvalue weighted by molar-refractivity contribution is -0.117. The average molecular weight is 416 g/mol. The van der Waals surface area contributed by atoms with Crippen molar-refractivity contribution in [2.75, 3.05) is 11.5 Å². The van der Waals surface area contributed by atoms with Gasteiger partial charge >= 0.3 is 0 Å². The smallest absolute Gasteiger partial charge is 0.218 e. The first-order valence-electron chi connectivity index (χ1n) is 10.5. The number of nitrogens with two attached hydrogens (primary N) is 3. The highest BCUT2D eigenvalue weighted by molar-refractivity contribution is 5.76. The van der Waals surface area contributed by atoms with E-state index < -0.39 is 0 Å². The first kappa shape index (κ1) is 22.3. The molecule has 1 radical (unpaired) electrons. The van der Waals surface area contributed by atoms with Crippen molar-refractivity contribution in [3.05, 3.63) is 94.7 Å². The predicted octanol–water partition coefficient (Wildman–Crippen LogP) is 4.27. The number of rotatable bonds is 9. The molecule has 0 bridgehead atoms. The van der Waals surface area contributed by atoms with Crippen molar-refractivity contribution in [1.82, 2.24) is 4.98 Å². The van der Waals surface area contributed by atoms with Gasteiger partial charge in [-0.25, -0.2) is 0 Å². The summed E-state index contributed by atoms with van der Waals surface area (Å²) in [5.74, 6) is 0.790. The zero-order valence-corrected chi connectivity index (χ0v) is 18.3. The van der Waals surface area contributed by atoms with Gasteiger partial charge in [-0.1, -0.05) is 18.2 Å². The summed E-state index contributed by atoms with van der Waals surface area (Å²) in [7, 11) is 0. The molecule has 3 aromatic rings. The summed E-state index contributed by atoms with van der Waals surface area (Å²) in [5, 5.41) is 0. The number of amides is 1. The summed E-state index contributed by atoms with van der Waals surface area (Å²) < 4.78 is 0. The highest BCUT2D eigenvalue weighted by atomic mass is 16.1. The molecule has 2 aromatic carbocycles. The lowest BCUT2D eigenvalue weighted by Crippen LogP contribution is -2.22. The van der Waals surface area contributed by atoms with Crippen LogP contribution in [-0.4, -0.2) is 10.9 Å². The Hall–Kier alpha value is -3.34. The first-order valence-corrected chi connectivity index (χ1v) is 10.5. The Morgan fingerprint density at radius 3 is 2.29 bits per heavy atom. The molecule has 31 heavy (non-hydrogen) atoms. The second-order valence-electron chi connectivity index (χ2n) is 8.35. The molecule has 0 fully saturated rings. The van der Waals surface area contributed by atoms with Gasteiger partial charge in [-0.05, 0) is 103 Å². The lowest BCUT2D eigenvalue weighted by Gasteiger charge is -2.27. The number of nitrogens with zero attached hydrogens (tertiary/aromatic N) is 1. The number of aromatic nitrogens is 1. The van der Waals surface area contributed by atoms with Crippen LogP contribution in [0.5, 0.6) is 0 Å². The van der Waals surface area contributed by atoms with E-state index in [9.17, 15) is 4.79 Å². The van der Waals surface area contributed by atoms with Crippen LogP contribution in [0, 0.1) is 19.8 Å². The molecule has 161 valence electrons. The third-order valence-electron chi connectivity index (χ3n) is 5.48. The summed E-state index contributed by atoms with van der Waals surface area (Å²) in [5.41, 5.74) is 24.9. The van der Waals surface area contributed by atoms with Crippen LogP contribution in [-0.2, 0) is 17.6 Å². The number of hydrogen-bond acceptors (Lipinski definition) is 4. The van der Waals surface area contributed by atoms with Crippen molar-refractivity contribution in [2.45, 2.75) is 45.4 Å². The van der Waals surface area contributed by atoms with E-state index in [0.29, 0.717) is 0 Å². The average Bonchev–Trinajstić information content (AvgIpc) is 2.68. The summed E-state index contributed by atoms with van der Waals surface area (Å²) in [4.78, 5) is 16.3. The van der Waals surface area contributed by atoms with Gasteiger partial charge in [0.05, 0.1) is 0 Å². The molecular weight excluding hydrogens is 384 g/mol. The number of carbonyl (C=O) groups is 1. The van der Waals surface area contributed by atoms with Crippen molar-refractivity contribution in [3.63, 3.8) is 0 Å². The quantitative estimate of drug-likeness (QED) is 0.453. The molecule has 1 heterocycles. The van der Waals surface area contributed by atoms with Gasteiger partial charge in [0.25, 0.3) is 0 Å². The molecule has 1 aromatic heterocycles. The zero-order valence-electron chi connectivity index (χ0n) is 18.3. The Bertz CT molecular complexity index is 992. The molecule has 1 unspecified atom stereocenters. The fourth-order valence-corrected chi connectivity index (χ4v) is 4.25. The third-order valence-corrected chi connectivity index (χ3v) is 5.48. The topological polar surface area (TPSA) is 108 Å². The van der Waals surface area contributed by atoms with E-state index in [-0.39, 0.29) is 18.2 Å². The van der Waals surface area contributed by atoms with Crippen LogP contribution in [0.25, 0.3) is 0 Å². The van der Waals surface area contributed by atoms with Gasteiger partial charge in [0.15, 0.2) is 0 Å². The maximum absolute atomic E-state index is 12.0. The normalized spacial score (nSPS) is 12.1. The largest absolute Gasteiger partial charge is 0.399 e. The van der Waals surface area contributed by atoms with Gasteiger partial charge in [-0.15, -0.1) is 0 Å². The maximum atomic E-state index is 12.0. The highest BCUT2D eigenvalue weighted by Crippen LogP contribution is 2.37. The van der Waals surface area contributed by atoms with Crippen LogP contribution in [0.15, 0.2) is 60.9 Å². The number of carbonyl (C=O) groups excluding carboxylic acids is 1. The predicted molar refractivity (Wildman–Crippen MR) is 127 cm³/mol. The van der Waals surface area contributed by atoms with Gasteiger partial charge in [0.1, 0.15) is 0 Å². The molecule has 0 aliphatic rings. The molecule has 0 aliphatic carbocycles. The van der Waals surface area contributed by atoms with Gasteiger partial charge in [0, 0.05) is 30.2 Å². The summed E-state index contributed by atoms with van der Waals surface area (Å²) in [6, 6.07) is 16.2. The van der Waals surface area contributed by atoms with Gasteiger partial charge in [-0.2, -0.15) is 0 Å². The van der Waals surface area contributed by atoms with Crippen LogP contribution in [0.3, 0.4) is 0 Å². The summed E-state index contributed by atoms with van der Waals surface area (Å²) in [6.07, 6.45) is 6.13. The zero-order chi connectivity index (χ0) is 22.4. The minimum Gasteiger partial charge on any atom is -0.399 e. The molecular formula is C26H31N4O. The number of primary amides is 1. The van der Waals surface area contributed by atoms with Crippen LogP contribution in [0.1, 0.15) is 46.6 Å². The Morgan fingerprint density at radius 2 is 1.68 bits per heavy atom.